The van der Waals surface area contributed by atoms with Crippen LogP contribution in [0, 0.1) is 10.1 Å². The molecule has 0 radical (unpaired) electrons. The Balaban J connectivity index is 1.49. The maximum atomic E-state index is 12.3. The summed E-state index contributed by atoms with van der Waals surface area (Å²) in [5, 5.41) is 17.6. The summed E-state index contributed by atoms with van der Waals surface area (Å²) in [5.41, 5.74) is 2.91. The number of nitro benzene ring substituents is 1. The third-order valence-corrected chi connectivity index (χ3v) is 5.14. The second kappa shape index (κ2) is 8.62. The Labute approximate surface area is 176 Å². The smallest absolute Gasteiger partial charge is 0.276 e. The van der Waals surface area contributed by atoms with E-state index in [9.17, 15) is 14.9 Å². The van der Waals surface area contributed by atoms with Crippen molar-refractivity contribution in [2.75, 3.05) is 5.32 Å². The number of para-hydroxylation sites is 2. The van der Waals surface area contributed by atoms with E-state index in [2.05, 4.69) is 15.6 Å². The standard InChI is InChI=1S/C22H16N4O3S/c27-21-20(14-15-6-4-5-9-19(15)26(28)29)30-22(25-21)24-18-12-10-17(11-13-18)23-16-7-2-1-3-8-16/h1-14,23H,(H,24,25,27)/b20-14-. The van der Waals surface area contributed by atoms with Gasteiger partial charge in [0.1, 0.15) is 0 Å². The number of carbonyl (C=O) groups excluding carboxylic acids is 1. The maximum absolute atomic E-state index is 12.3. The van der Waals surface area contributed by atoms with Crippen LogP contribution in [-0.2, 0) is 4.79 Å². The highest BCUT2D eigenvalue weighted by Gasteiger charge is 2.25. The number of benzene rings is 3. The summed E-state index contributed by atoms with van der Waals surface area (Å²) in [5.74, 6) is -0.334. The summed E-state index contributed by atoms with van der Waals surface area (Å²) in [7, 11) is 0. The van der Waals surface area contributed by atoms with E-state index in [0.29, 0.717) is 21.3 Å². The van der Waals surface area contributed by atoms with E-state index in [0.717, 1.165) is 23.1 Å². The third-order valence-electron chi connectivity index (χ3n) is 4.23. The van der Waals surface area contributed by atoms with Gasteiger partial charge in [-0.05, 0) is 60.3 Å². The van der Waals surface area contributed by atoms with E-state index in [1.54, 1.807) is 18.2 Å². The zero-order valence-corrected chi connectivity index (χ0v) is 16.4. The van der Waals surface area contributed by atoms with Crippen LogP contribution in [0.4, 0.5) is 22.7 Å². The molecule has 0 spiro atoms. The molecule has 0 atom stereocenters. The Morgan fingerprint density at radius 1 is 0.933 bits per heavy atom. The zero-order valence-electron chi connectivity index (χ0n) is 15.6. The van der Waals surface area contributed by atoms with Crippen LogP contribution in [0.5, 0.6) is 0 Å². The number of amides is 1. The Bertz CT molecular complexity index is 1160. The topological polar surface area (TPSA) is 96.6 Å². The first-order valence-electron chi connectivity index (χ1n) is 9.04. The van der Waals surface area contributed by atoms with Gasteiger partial charge in [-0.25, -0.2) is 4.99 Å². The first-order valence-corrected chi connectivity index (χ1v) is 9.85. The van der Waals surface area contributed by atoms with Gasteiger partial charge in [0.05, 0.1) is 21.1 Å². The number of nitrogens with zero attached hydrogens (tertiary/aromatic N) is 2. The summed E-state index contributed by atoms with van der Waals surface area (Å²) in [6.07, 6.45) is 1.51. The minimum Gasteiger partial charge on any atom is -0.356 e. The van der Waals surface area contributed by atoms with Gasteiger partial charge < -0.3 is 10.6 Å². The fraction of sp³-hybridized carbons (Fsp3) is 0. The molecule has 3 aromatic carbocycles. The quantitative estimate of drug-likeness (QED) is 0.337. The van der Waals surface area contributed by atoms with E-state index >= 15 is 0 Å². The van der Waals surface area contributed by atoms with Crippen molar-refractivity contribution in [1.82, 2.24) is 5.32 Å². The number of rotatable bonds is 5. The Kier molecular flexibility index (Phi) is 5.58. The molecule has 1 heterocycles. The van der Waals surface area contributed by atoms with Crippen LogP contribution >= 0.6 is 11.8 Å². The largest absolute Gasteiger partial charge is 0.356 e. The minimum absolute atomic E-state index is 0.0507. The molecule has 0 aromatic heterocycles. The van der Waals surface area contributed by atoms with Gasteiger partial charge in [0.2, 0.25) is 0 Å². The number of nitro groups is 1. The lowest BCUT2D eigenvalue weighted by Gasteiger charge is -2.06. The molecule has 0 saturated carbocycles. The van der Waals surface area contributed by atoms with E-state index in [1.807, 2.05) is 54.6 Å². The Morgan fingerprint density at radius 3 is 2.33 bits per heavy atom. The molecule has 3 aromatic rings. The summed E-state index contributed by atoms with van der Waals surface area (Å²) in [6.45, 7) is 0. The molecule has 1 amide bonds. The molecule has 1 saturated heterocycles. The molecule has 8 heteroatoms. The highest BCUT2D eigenvalue weighted by atomic mass is 32.2. The van der Waals surface area contributed by atoms with Crippen LogP contribution in [-0.4, -0.2) is 16.0 Å². The molecule has 0 aliphatic carbocycles. The van der Waals surface area contributed by atoms with Crippen molar-refractivity contribution in [3.05, 3.63) is 99.4 Å². The van der Waals surface area contributed by atoms with Crippen molar-refractivity contribution in [1.29, 1.82) is 0 Å². The van der Waals surface area contributed by atoms with Crippen molar-refractivity contribution in [3.63, 3.8) is 0 Å². The van der Waals surface area contributed by atoms with Crippen molar-refractivity contribution in [2.24, 2.45) is 4.99 Å². The minimum atomic E-state index is -0.468. The lowest BCUT2D eigenvalue weighted by molar-refractivity contribution is -0.385. The van der Waals surface area contributed by atoms with Crippen molar-refractivity contribution in [2.45, 2.75) is 0 Å². The predicted molar refractivity (Wildman–Crippen MR) is 120 cm³/mol. The lowest BCUT2D eigenvalue weighted by atomic mass is 10.1. The number of hydrogen-bond donors (Lipinski definition) is 2. The van der Waals surface area contributed by atoms with Gasteiger partial charge in [0, 0.05) is 17.4 Å². The van der Waals surface area contributed by atoms with E-state index < -0.39 is 4.92 Å². The molecule has 1 aliphatic rings. The average Bonchev–Trinajstić information content (AvgIpc) is 3.09. The van der Waals surface area contributed by atoms with Gasteiger partial charge in [-0.15, -0.1) is 0 Å². The SMILES string of the molecule is O=C1NC(=Nc2ccc(Nc3ccccc3)cc2)S/C1=C\c1ccccc1[N+](=O)[O-]. The van der Waals surface area contributed by atoms with Crippen LogP contribution in [0.15, 0.2) is 88.8 Å². The summed E-state index contributed by atoms with van der Waals surface area (Å²) in [6, 6.07) is 23.6. The average molecular weight is 416 g/mol. The number of anilines is 2. The fourth-order valence-electron chi connectivity index (χ4n) is 2.82. The van der Waals surface area contributed by atoms with E-state index in [1.165, 1.54) is 12.1 Å². The van der Waals surface area contributed by atoms with Gasteiger partial charge in [-0.2, -0.15) is 0 Å². The molecule has 1 aliphatic heterocycles. The molecule has 7 nitrogen and oxygen atoms in total. The first-order chi connectivity index (χ1) is 14.6. The highest BCUT2D eigenvalue weighted by molar-refractivity contribution is 8.18. The van der Waals surface area contributed by atoms with Crippen molar-refractivity contribution in [3.8, 4) is 0 Å². The molecular formula is C22H16N4O3S. The van der Waals surface area contributed by atoms with Crippen LogP contribution in [0.2, 0.25) is 0 Å². The third kappa shape index (κ3) is 4.56. The molecule has 30 heavy (non-hydrogen) atoms. The first kappa shape index (κ1) is 19.4. The van der Waals surface area contributed by atoms with Crippen molar-refractivity contribution >= 4 is 51.7 Å². The second-order valence-electron chi connectivity index (χ2n) is 6.34. The molecule has 0 unspecified atom stereocenters. The number of amidine groups is 1. The van der Waals surface area contributed by atoms with Crippen molar-refractivity contribution < 1.29 is 9.72 Å². The van der Waals surface area contributed by atoms with Crippen LogP contribution in [0.3, 0.4) is 0 Å². The van der Waals surface area contributed by atoms with Gasteiger partial charge in [0.15, 0.2) is 5.17 Å². The molecule has 148 valence electrons. The zero-order chi connectivity index (χ0) is 20.9. The van der Waals surface area contributed by atoms with Gasteiger partial charge >= 0.3 is 0 Å². The number of hydrogen-bond acceptors (Lipinski definition) is 6. The molecule has 1 fully saturated rings. The van der Waals surface area contributed by atoms with Gasteiger partial charge in [-0.3, -0.25) is 14.9 Å². The van der Waals surface area contributed by atoms with E-state index in [-0.39, 0.29) is 11.6 Å². The fourth-order valence-corrected chi connectivity index (χ4v) is 3.66. The maximum Gasteiger partial charge on any atom is 0.276 e. The normalized spacial score (nSPS) is 15.9. The molecule has 4 rings (SSSR count). The second-order valence-corrected chi connectivity index (χ2v) is 7.37. The summed E-state index contributed by atoms with van der Waals surface area (Å²) < 4.78 is 0. The number of carbonyl (C=O) groups is 1. The highest BCUT2D eigenvalue weighted by Crippen LogP contribution is 2.30. The number of aliphatic imine (C=N–C) groups is 1. The Hall–Kier alpha value is -3.91. The molecular weight excluding hydrogens is 400 g/mol. The predicted octanol–water partition coefficient (Wildman–Crippen LogP) is 5.23. The Morgan fingerprint density at radius 2 is 1.60 bits per heavy atom. The number of thioether (sulfide) groups is 1. The monoisotopic (exact) mass is 416 g/mol. The van der Waals surface area contributed by atoms with Crippen LogP contribution < -0.4 is 10.6 Å². The van der Waals surface area contributed by atoms with E-state index in [4.69, 9.17) is 0 Å². The van der Waals surface area contributed by atoms with Gasteiger partial charge in [0.25, 0.3) is 11.6 Å². The summed E-state index contributed by atoms with van der Waals surface area (Å²) >= 11 is 1.15. The summed E-state index contributed by atoms with van der Waals surface area (Å²) in [4.78, 5) is 27.8. The van der Waals surface area contributed by atoms with Gasteiger partial charge in [-0.1, -0.05) is 30.3 Å². The van der Waals surface area contributed by atoms with Crippen LogP contribution in [0.1, 0.15) is 5.56 Å². The van der Waals surface area contributed by atoms with Crippen LogP contribution in [0.25, 0.3) is 6.08 Å². The molecule has 0 bridgehead atoms. The molecule has 2 N–H and O–H groups in total. The number of nitrogens with one attached hydrogen (secondary N) is 2. The lowest BCUT2D eigenvalue weighted by Crippen LogP contribution is -2.19.